The molecular weight excluding hydrogens is 204 g/mol. The Labute approximate surface area is 97.2 Å². The number of hydrogen-bond acceptors (Lipinski definition) is 4. The number of methoxy groups -OCH3 is 1. The van der Waals surface area contributed by atoms with E-state index < -0.39 is 0 Å². The number of likely N-dealkylation sites (N-methyl/N-ethyl adjacent to an activating group) is 1. The summed E-state index contributed by atoms with van der Waals surface area (Å²) in [7, 11) is 5.62. The van der Waals surface area contributed by atoms with Gasteiger partial charge in [0.15, 0.2) is 0 Å². The highest BCUT2D eigenvalue weighted by atomic mass is 16.5. The van der Waals surface area contributed by atoms with Crippen LogP contribution in [0.1, 0.15) is 19.0 Å². The number of nitrogens with zero attached hydrogens (tertiary/aromatic N) is 3. The molecule has 0 aromatic carbocycles. The third-order valence-corrected chi connectivity index (χ3v) is 2.61. The van der Waals surface area contributed by atoms with Gasteiger partial charge < -0.3 is 15.4 Å². The van der Waals surface area contributed by atoms with Crippen molar-refractivity contribution in [2.24, 2.45) is 7.05 Å². The molecule has 1 rings (SSSR count). The lowest BCUT2D eigenvalue weighted by Gasteiger charge is -2.19. The third kappa shape index (κ3) is 2.66. The fourth-order valence-electron chi connectivity index (χ4n) is 1.79. The van der Waals surface area contributed by atoms with Gasteiger partial charge in [-0.15, -0.1) is 0 Å². The van der Waals surface area contributed by atoms with E-state index in [2.05, 4.69) is 16.9 Å². The van der Waals surface area contributed by atoms with E-state index in [1.807, 2.05) is 18.8 Å². The topological polar surface area (TPSA) is 56.3 Å². The zero-order valence-corrected chi connectivity index (χ0v) is 10.7. The first-order valence-electron chi connectivity index (χ1n) is 5.63. The molecule has 92 valence electrons. The molecule has 0 saturated carbocycles. The van der Waals surface area contributed by atoms with Crippen molar-refractivity contribution in [2.75, 3.05) is 37.9 Å². The van der Waals surface area contributed by atoms with Crippen LogP contribution in [0.25, 0.3) is 0 Å². The van der Waals surface area contributed by atoms with Gasteiger partial charge in [0.05, 0.1) is 18.0 Å². The number of hydrogen-bond donors (Lipinski definition) is 1. The van der Waals surface area contributed by atoms with Crippen molar-refractivity contribution >= 4 is 11.5 Å². The molecule has 0 atom stereocenters. The largest absolute Gasteiger partial charge is 0.394 e. The summed E-state index contributed by atoms with van der Waals surface area (Å²) >= 11 is 0. The van der Waals surface area contributed by atoms with Crippen molar-refractivity contribution in [2.45, 2.75) is 19.8 Å². The highest BCUT2D eigenvalue weighted by molar-refractivity contribution is 5.66. The molecule has 0 aliphatic heterocycles. The highest BCUT2D eigenvalue weighted by Crippen LogP contribution is 2.25. The highest BCUT2D eigenvalue weighted by Gasteiger charge is 2.15. The summed E-state index contributed by atoms with van der Waals surface area (Å²) in [5, 5.41) is 4.44. The van der Waals surface area contributed by atoms with E-state index in [-0.39, 0.29) is 0 Å². The zero-order valence-electron chi connectivity index (χ0n) is 10.7. The minimum atomic E-state index is 0.685. The van der Waals surface area contributed by atoms with Crippen LogP contribution in [0, 0.1) is 0 Å². The molecule has 0 saturated heterocycles. The maximum Gasteiger partial charge on any atom is 0.150 e. The maximum absolute atomic E-state index is 6.10. The number of rotatable bonds is 6. The van der Waals surface area contributed by atoms with E-state index >= 15 is 0 Å². The lowest BCUT2D eigenvalue weighted by Crippen LogP contribution is -2.25. The Morgan fingerprint density at radius 3 is 2.75 bits per heavy atom. The van der Waals surface area contributed by atoms with E-state index in [1.165, 1.54) is 0 Å². The van der Waals surface area contributed by atoms with Crippen molar-refractivity contribution in [3.8, 4) is 0 Å². The summed E-state index contributed by atoms with van der Waals surface area (Å²) < 4.78 is 6.90. The van der Waals surface area contributed by atoms with Crippen molar-refractivity contribution < 1.29 is 4.74 Å². The number of anilines is 2. The summed E-state index contributed by atoms with van der Waals surface area (Å²) in [6, 6.07) is 0. The molecule has 0 bridgehead atoms. The van der Waals surface area contributed by atoms with Gasteiger partial charge in [0, 0.05) is 27.7 Å². The Kier molecular flexibility index (Phi) is 4.61. The molecule has 0 amide bonds. The zero-order chi connectivity index (χ0) is 12.1. The molecule has 16 heavy (non-hydrogen) atoms. The fraction of sp³-hybridized carbons (Fsp3) is 0.727. The van der Waals surface area contributed by atoms with Gasteiger partial charge in [-0.05, 0) is 6.42 Å². The van der Waals surface area contributed by atoms with E-state index in [1.54, 1.807) is 7.11 Å². The van der Waals surface area contributed by atoms with Crippen LogP contribution in [0.2, 0.25) is 0 Å². The quantitative estimate of drug-likeness (QED) is 0.787. The van der Waals surface area contributed by atoms with Gasteiger partial charge >= 0.3 is 0 Å². The SMILES string of the molecule is CCCc1nn(C)c(N(C)CCOC)c1N. The van der Waals surface area contributed by atoms with Gasteiger partial charge in [0.1, 0.15) is 5.82 Å². The Balaban J connectivity index is 2.86. The standard InChI is InChI=1S/C11H22N4O/c1-5-6-9-10(12)11(15(3)13-9)14(2)7-8-16-4/h5-8,12H2,1-4H3. The van der Waals surface area contributed by atoms with Crippen molar-refractivity contribution in [3.05, 3.63) is 5.69 Å². The van der Waals surface area contributed by atoms with E-state index in [9.17, 15) is 0 Å². The lowest BCUT2D eigenvalue weighted by atomic mass is 10.2. The predicted molar refractivity (Wildman–Crippen MR) is 66.8 cm³/mol. The molecule has 1 aromatic heterocycles. The third-order valence-electron chi connectivity index (χ3n) is 2.61. The average molecular weight is 226 g/mol. The molecule has 0 fully saturated rings. The normalized spacial score (nSPS) is 10.8. The second-order valence-electron chi connectivity index (χ2n) is 3.97. The Morgan fingerprint density at radius 1 is 1.50 bits per heavy atom. The summed E-state index contributed by atoms with van der Waals surface area (Å²) in [6.07, 6.45) is 1.99. The number of nitrogens with two attached hydrogens (primary N) is 1. The second-order valence-corrected chi connectivity index (χ2v) is 3.97. The fourth-order valence-corrected chi connectivity index (χ4v) is 1.79. The van der Waals surface area contributed by atoms with Crippen LogP contribution in [0.15, 0.2) is 0 Å². The maximum atomic E-state index is 6.10. The van der Waals surface area contributed by atoms with Gasteiger partial charge in [-0.2, -0.15) is 5.10 Å². The molecule has 0 unspecified atom stereocenters. The first kappa shape index (κ1) is 12.8. The van der Waals surface area contributed by atoms with E-state index in [4.69, 9.17) is 10.5 Å². The first-order chi connectivity index (χ1) is 7.61. The van der Waals surface area contributed by atoms with Crippen LogP contribution >= 0.6 is 0 Å². The average Bonchev–Trinajstić information content (AvgIpc) is 2.52. The molecule has 5 nitrogen and oxygen atoms in total. The Hall–Kier alpha value is -1.23. The molecule has 2 N–H and O–H groups in total. The molecule has 5 heteroatoms. The van der Waals surface area contributed by atoms with Crippen LogP contribution in [-0.4, -0.2) is 37.1 Å². The van der Waals surface area contributed by atoms with Gasteiger partial charge in [0.2, 0.25) is 0 Å². The molecule has 0 radical (unpaired) electrons. The van der Waals surface area contributed by atoms with Crippen molar-refractivity contribution in [1.29, 1.82) is 0 Å². The second kappa shape index (κ2) is 5.75. The lowest BCUT2D eigenvalue weighted by molar-refractivity contribution is 0.206. The number of ether oxygens (including phenoxy) is 1. The smallest absolute Gasteiger partial charge is 0.150 e. The van der Waals surface area contributed by atoms with Crippen LogP contribution in [-0.2, 0) is 18.2 Å². The molecule has 1 heterocycles. The minimum absolute atomic E-state index is 0.685. The number of aromatic nitrogens is 2. The molecule has 1 aromatic rings. The van der Waals surface area contributed by atoms with Gasteiger partial charge in [-0.3, -0.25) is 4.68 Å². The molecular formula is C11H22N4O. The minimum Gasteiger partial charge on any atom is -0.394 e. The first-order valence-corrected chi connectivity index (χ1v) is 5.63. The molecule has 0 aliphatic carbocycles. The number of nitrogen functional groups attached to an aromatic ring is 1. The summed E-state index contributed by atoms with van der Waals surface area (Å²) in [6.45, 7) is 3.62. The summed E-state index contributed by atoms with van der Waals surface area (Å²) in [5.74, 6) is 0.973. The molecule has 0 spiro atoms. The van der Waals surface area contributed by atoms with E-state index in [0.29, 0.717) is 6.61 Å². The van der Waals surface area contributed by atoms with Gasteiger partial charge in [0.25, 0.3) is 0 Å². The monoisotopic (exact) mass is 226 g/mol. The Bertz CT molecular complexity index is 335. The predicted octanol–water partition coefficient (Wildman–Crippen LogP) is 1.04. The van der Waals surface area contributed by atoms with Crippen molar-refractivity contribution in [3.63, 3.8) is 0 Å². The Morgan fingerprint density at radius 2 is 2.19 bits per heavy atom. The summed E-state index contributed by atoms with van der Waals surface area (Å²) in [5.41, 5.74) is 7.88. The van der Waals surface area contributed by atoms with Gasteiger partial charge in [-0.1, -0.05) is 13.3 Å². The number of aryl methyl sites for hydroxylation is 2. The van der Waals surface area contributed by atoms with Crippen LogP contribution in [0.5, 0.6) is 0 Å². The van der Waals surface area contributed by atoms with E-state index in [0.717, 1.165) is 36.6 Å². The van der Waals surface area contributed by atoms with Crippen molar-refractivity contribution in [1.82, 2.24) is 9.78 Å². The van der Waals surface area contributed by atoms with Gasteiger partial charge in [-0.25, -0.2) is 0 Å². The summed E-state index contributed by atoms with van der Waals surface area (Å²) in [4.78, 5) is 2.07. The van der Waals surface area contributed by atoms with Crippen LogP contribution in [0.4, 0.5) is 11.5 Å². The molecule has 0 aliphatic rings. The van der Waals surface area contributed by atoms with Crippen LogP contribution < -0.4 is 10.6 Å². The van der Waals surface area contributed by atoms with Crippen LogP contribution in [0.3, 0.4) is 0 Å².